The van der Waals surface area contributed by atoms with Gasteiger partial charge in [0.1, 0.15) is 0 Å². The van der Waals surface area contributed by atoms with E-state index in [1.54, 1.807) is 6.92 Å². The number of fused-ring (bicyclic) bond motifs is 1. The molecule has 1 aromatic carbocycles. The predicted octanol–water partition coefficient (Wildman–Crippen LogP) is 1.74. The Morgan fingerprint density at radius 3 is 2.73 bits per heavy atom. The van der Waals surface area contributed by atoms with Gasteiger partial charge >= 0.3 is 0 Å². The third kappa shape index (κ3) is 1.38. The molecule has 0 aliphatic heterocycles. The highest BCUT2D eigenvalue weighted by atomic mass is 16.6. The van der Waals surface area contributed by atoms with E-state index in [1.807, 2.05) is 0 Å². The molecule has 0 radical (unpaired) electrons. The van der Waals surface area contributed by atoms with Gasteiger partial charge in [0.25, 0.3) is 5.69 Å². The summed E-state index contributed by atoms with van der Waals surface area (Å²) in [5.41, 5.74) is 0.887. The minimum atomic E-state index is -0.458. The van der Waals surface area contributed by atoms with Crippen molar-refractivity contribution in [3.63, 3.8) is 0 Å². The zero-order valence-electron chi connectivity index (χ0n) is 7.98. The Balaban J connectivity index is 2.92. The fourth-order valence-corrected chi connectivity index (χ4v) is 1.58. The maximum atomic E-state index is 11.4. The van der Waals surface area contributed by atoms with Crippen molar-refractivity contribution in [2.45, 2.75) is 6.92 Å². The van der Waals surface area contributed by atoms with Crippen LogP contribution in [0, 0.1) is 17.0 Å². The highest BCUT2D eigenvalue weighted by Crippen LogP contribution is 2.23. The Morgan fingerprint density at radius 1 is 1.33 bits per heavy atom. The lowest BCUT2D eigenvalue weighted by Crippen LogP contribution is -2.02. The minimum Gasteiger partial charge on any atom is -0.361 e. The number of nitro groups is 1. The van der Waals surface area contributed by atoms with Crippen molar-refractivity contribution < 1.29 is 4.92 Å². The van der Waals surface area contributed by atoms with E-state index in [0.717, 1.165) is 0 Å². The van der Waals surface area contributed by atoms with Crippen LogP contribution in [0.4, 0.5) is 5.69 Å². The van der Waals surface area contributed by atoms with Gasteiger partial charge < -0.3 is 4.98 Å². The second-order valence-electron chi connectivity index (χ2n) is 3.23. The van der Waals surface area contributed by atoms with Gasteiger partial charge in [-0.3, -0.25) is 14.9 Å². The van der Waals surface area contributed by atoms with Crippen LogP contribution in [-0.2, 0) is 0 Å². The van der Waals surface area contributed by atoms with Crippen molar-refractivity contribution in [3.8, 4) is 0 Å². The Morgan fingerprint density at radius 2 is 2.07 bits per heavy atom. The number of rotatable bonds is 1. The van der Waals surface area contributed by atoms with E-state index in [-0.39, 0.29) is 11.1 Å². The zero-order valence-corrected chi connectivity index (χ0v) is 7.98. The summed E-state index contributed by atoms with van der Waals surface area (Å²) in [7, 11) is 0. The van der Waals surface area contributed by atoms with Gasteiger partial charge in [-0.1, -0.05) is 0 Å². The second-order valence-corrected chi connectivity index (χ2v) is 3.23. The van der Waals surface area contributed by atoms with Gasteiger partial charge in [-0.25, -0.2) is 0 Å². The first-order chi connectivity index (χ1) is 7.11. The molecule has 5 nitrogen and oxygen atoms in total. The molecule has 2 aromatic rings. The monoisotopic (exact) mass is 204 g/mol. The fourth-order valence-electron chi connectivity index (χ4n) is 1.58. The highest BCUT2D eigenvalue weighted by Gasteiger charge is 2.13. The van der Waals surface area contributed by atoms with Gasteiger partial charge in [0.15, 0.2) is 5.43 Å². The molecule has 0 fully saturated rings. The van der Waals surface area contributed by atoms with Gasteiger partial charge in [-0.05, 0) is 13.0 Å². The van der Waals surface area contributed by atoms with E-state index in [9.17, 15) is 14.9 Å². The summed E-state index contributed by atoms with van der Waals surface area (Å²) in [6.07, 6.45) is 1.49. The molecular formula is C10H8N2O3. The van der Waals surface area contributed by atoms with E-state index in [0.29, 0.717) is 16.5 Å². The number of pyridine rings is 1. The molecule has 15 heavy (non-hydrogen) atoms. The molecule has 2 rings (SSSR count). The summed E-state index contributed by atoms with van der Waals surface area (Å²) in [6.45, 7) is 1.62. The van der Waals surface area contributed by atoms with E-state index < -0.39 is 4.92 Å². The predicted molar refractivity (Wildman–Crippen MR) is 56.0 cm³/mol. The van der Waals surface area contributed by atoms with Crippen LogP contribution in [0.2, 0.25) is 0 Å². The van der Waals surface area contributed by atoms with Crippen LogP contribution >= 0.6 is 0 Å². The first-order valence-corrected chi connectivity index (χ1v) is 4.36. The van der Waals surface area contributed by atoms with Crippen molar-refractivity contribution in [2.24, 2.45) is 0 Å². The molecule has 0 unspecified atom stereocenters. The third-order valence-electron chi connectivity index (χ3n) is 2.36. The van der Waals surface area contributed by atoms with E-state index in [2.05, 4.69) is 4.98 Å². The summed E-state index contributed by atoms with van der Waals surface area (Å²) in [5, 5.41) is 11.1. The Labute approximate surface area is 84.5 Å². The van der Waals surface area contributed by atoms with Crippen molar-refractivity contribution in [1.82, 2.24) is 4.98 Å². The molecular weight excluding hydrogens is 196 g/mol. The van der Waals surface area contributed by atoms with Crippen LogP contribution in [0.5, 0.6) is 0 Å². The molecule has 0 saturated heterocycles. The average molecular weight is 204 g/mol. The molecule has 1 heterocycles. The maximum Gasteiger partial charge on any atom is 0.274 e. The second kappa shape index (κ2) is 3.20. The Kier molecular flexibility index (Phi) is 2.00. The van der Waals surface area contributed by atoms with Crippen LogP contribution in [-0.4, -0.2) is 9.91 Å². The van der Waals surface area contributed by atoms with Crippen LogP contribution < -0.4 is 5.43 Å². The summed E-state index contributed by atoms with van der Waals surface area (Å²) < 4.78 is 0. The van der Waals surface area contributed by atoms with Crippen LogP contribution in [0.1, 0.15) is 5.56 Å². The number of hydrogen-bond acceptors (Lipinski definition) is 3. The summed E-state index contributed by atoms with van der Waals surface area (Å²) in [5.74, 6) is 0. The first-order valence-electron chi connectivity index (χ1n) is 4.36. The van der Waals surface area contributed by atoms with E-state index in [1.165, 1.54) is 24.4 Å². The molecule has 0 amide bonds. The highest BCUT2D eigenvalue weighted by molar-refractivity contribution is 5.84. The molecule has 0 aliphatic carbocycles. The summed E-state index contributed by atoms with van der Waals surface area (Å²) in [4.78, 5) is 24.5. The van der Waals surface area contributed by atoms with Crippen LogP contribution in [0.15, 0.2) is 29.2 Å². The number of nitrogens with zero attached hydrogens (tertiary/aromatic N) is 1. The normalized spacial score (nSPS) is 10.5. The number of nitrogens with one attached hydrogen (secondary N) is 1. The number of H-pyrrole nitrogens is 1. The average Bonchev–Trinajstić information content (AvgIpc) is 2.19. The molecule has 1 N–H and O–H groups in total. The Bertz CT molecular complexity index is 601. The zero-order chi connectivity index (χ0) is 11.0. The van der Waals surface area contributed by atoms with E-state index in [4.69, 9.17) is 0 Å². The number of aromatic nitrogens is 1. The number of aryl methyl sites for hydroxylation is 1. The molecule has 0 atom stereocenters. The summed E-state index contributed by atoms with van der Waals surface area (Å²) in [6, 6.07) is 4.22. The molecule has 0 bridgehead atoms. The smallest absolute Gasteiger partial charge is 0.274 e. The van der Waals surface area contributed by atoms with E-state index >= 15 is 0 Å². The molecule has 1 aromatic heterocycles. The lowest BCUT2D eigenvalue weighted by Gasteiger charge is -2.01. The van der Waals surface area contributed by atoms with Crippen LogP contribution in [0.25, 0.3) is 10.9 Å². The molecule has 0 spiro atoms. The number of hydrogen-bond donors (Lipinski definition) is 1. The van der Waals surface area contributed by atoms with Gasteiger partial charge in [0.05, 0.1) is 16.0 Å². The Hall–Kier alpha value is -2.17. The minimum absolute atomic E-state index is 0.0179. The molecule has 76 valence electrons. The number of nitro benzene ring substituents is 1. The standard InChI is InChI=1S/C10H8N2O3/c1-6-8(12(14)15)3-2-7-9(13)4-5-11-10(6)7/h2-5H,1H3,(H,11,13). The van der Waals surface area contributed by atoms with Gasteiger partial charge in [0, 0.05) is 23.7 Å². The first kappa shape index (κ1) is 9.39. The van der Waals surface area contributed by atoms with Gasteiger partial charge in [-0.2, -0.15) is 0 Å². The topological polar surface area (TPSA) is 76.0 Å². The van der Waals surface area contributed by atoms with Crippen molar-refractivity contribution >= 4 is 16.6 Å². The molecule has 0 saturated carbocycles. The maximum absolute atomic E-state index is 11.4. The number of aromatic amines is 1. The third-order valence-corrected chi connectivity index (χ3v) is 2.36. The van der Waals surface area contributed by atoms with Crippen molar-refractivity contribution in [2.75, 3.05) is 0 Å². The fraction of sp³-hybridized carbons (Fsp3) is 0.100. The van der Waals surface area contributed by atoms with Crippen molar-refractivity contribution in [1.29, 1.82) is 0 Å². The number of benzene rings is 1. The molecule has 5 heteroatoms. The van der Waals surface area contributed by atoms with Gasteiger partial charge in [-0.15, -0.1) is 0 Å². The molecule has 0 aliphatic rings. The van der Waals surface area contributed by atoms with Crippen LogP contribution in [0.3, 0.4) is 0 Å². The largest absolute Gasteiger partial charge is 0.361 e. The van der Waals surface area contributed by atoms with Gasteiger partial charge in [0.2, 0.25) is 0 Å². The lowest BCUT2D eigenvalue weighted by atomic mass is 10.1. The lowest BCUT2D eigenvalue weighted by molar-refractivity contribution is -0.385. The summed E-state index contributed by atoms with van der Waals surface area (Å²) >= 11 is 0. The van der Waals surface area contributed by atoms with Crippen molar-refractivity contribution in [3.05, 3.63) is 50.3 Å². The quantitative estimate of drug-likeness (QED) is 0.567. The SMILES string of the molecule is Cc1c([N+](=O)[O-])ccc2c(=O)cc[nH]c12.